The number of carbonyl (C=O) groups excluding carboxylic acids is 2. The summed E-state index contributed by atoms with van der Waals surface area (Å²) in [6, 6.07) is 11.6. The van der Waals surface area contributed by atoms with E-state index in [9.17, 15) is 18.8 Å². The number of pyridine rings is 1. The molecule has 46 heavy (non-hydrogen) atoms. The van der Waals surface area contributed by atoms with Crippen LogP contribution in [0, 0.1) is 12.7 Å². The van der Waals surface area contributed by atoms with E-state index in [1.165, 1.54) is 13.2 Å². The monoisotopic (exact) mass is 650 g/mol. The van der Waals surface area contributed by atoms with E-state index in [0.29, 0.717) is 56.6 Å². The number of nitrogens with zero attached hydrogens (tertiary/aromatic N) is 3. The average molecular weight is 651 g/mol. The van der Waals surface area contributed by atoms with Gasteiger partial charge in [-0.25, -0.2) is 18.7 Å². The standard InChI is InChI=1S/C34H43FN4O6Si/c1-22-17-23(18-26-20-39(37-30(22)26)21-44-15-16-46(3,4)5)9-10-29(33(41)43-2)45-34(42)38-13-11-24(12-14-38)27-19-25-7-6-8-28(35)31(25)36-32(27)40/h6-8,17-20,24,29H,9-16,21H2,1-5H3,(H,36,40)/t29-/m1/s1. The van der Waals surface area contributed by atoms with E-state index in [2.05, 4.69) is 29.7 Å². The lowest BCUT2D eigenvalue weighted by Crippen LogP contribution is -2.42. The number of piperidine rings is 1. The van der Waals surface area contributed by atoms with Crippen molar-refractivity contribution in [3.63, 3.8) is 0 Å². The summed E-state index contributed by atoms with van der Waals surface area (Å²) in [6.45, 7) is 10.8. The summed E-state index contributed by atoms with van der Waals surface area (Å²) in [7, 11) is 0.113. The minimum atomic E-state index is -1.16. The van der Waals surface area contributed by atoms with Gasteiger partial charge < -0.3 is 24.1 Å². The number of nitrogens with one attached hydrogen (secondary N) is 1. The second kappa shape index (κ2) is 14.2. The second-order valence-electron chi connectivity index (χ2n) is 13.3. The number of H-pyrrole nitrogens is 1. The molecule has 246 valence electrons. The van der Waals surface area contributed by atoms with E-state index in [1.54, 1.807) is 23.1 Å². The summed E-state index contributed by atoms with van der Waals surface area (Å²) in [6.07, 6.45) is 2.14. The number of benzene rings is 2. The first-order valence-electron chi connectivity index (χ1n) is 15.8. The SMILES string of the molecule is COC(=O)[C@@H](CCc1cc(C)c2nn(COCC[Si](C)(C)C)cc2c1)OC(=O)N1CCC(c2cc3cccc(F)c3[nH]c2=O)CC1. The van der Waals surface area contributed by atoms with Gasteiger partial charge in [-0.2, -0.15) is 5.10 Å². The van der Waals surface area contributed by atoms with Crippen LogP contribution in [0.2, 0.25) is 25.7 Å². The Balaban J connectivity index is 1.17. The molecule has 1 fully saturated rings. The highest BCUT2D eigenvalue weighted by Gasteiger charge is 2.30. The number of carbonyl (C=O) groups is 2. The highest BCUT2D eigenvalue weighted by molar-refractivity contribution is 6.76. The Bertz CT molecular complexity index is 1770. The van der Waals surface area contributed by atoms with Gasteiger partial charge in [0.15, 0.2) is 0 Å². The van der Waals surface area contributed by atoms with E-state index < -0.39 is 32.1 Å². The molecule has 1 aliphatic heterocycles. The van der Waals surface area contributed by atoms with Gasteiger partial charge in [0.05, 0.1) is 18.1 Å². The Morgan fingerprint density at radius 1 is 1.13 bits per heavy atom. The summed E-state index contributed by atoms with van der Waals surface area (Å²) < 4.78 is 32.4. The molecule has 2 aromatic carbocycles. The van der Waals surface area contributed by atoms with Crippen molar-refractivity contribution in [1.82, 2.24) is 19.7 Å². The minimum Gasteiger partial charge on any atom is -0.466 e. The number of esters is 1. The van der Waals surface area contributed by atoms with Crippen LogP contribution in [-0.2, 0) is 32.2 Å². The van der Waals surface area contributed by atoms with Crippen LogP contribution >= 0.6 is 0 Å². The molecule has 0 radical (unpaired) electrons. The van der Waals surface area contributed by atoms with Crippen molar-refractivity contribution in [3.05, 3.63) is 75.5 Å². The van der Waals surface area contributed by atoms with Gasteiger partial charge in [0.2, 0.25) is 6.10 Å². The van der Waals surface area contributed by atoms with Crippen LogP contribution < -0.4 is 5.56 Å². The number of para-hydroxylation sites is 1. The molecule has 0 unspecified atom stereocenters. The molecule has 1 aliphatic rings. The van der Waals surface area contributed by atoms with Crippen molar-refractivity contribution in [2.45, 2.75) is 77.0 Å². The molecule has 0 saturated carbocycles. The first-order valence-corrected chi connectivity index (χ1v) is 19.5. The first-order chi connectivity index (χ1) is 21.9. The van der Waals surface area contributed by atoms with Crippen LogP contribution in [0.1, 0.15) is 41.9 Å². The van der Waals surface area contributed by atoms with Crippen LogP contribution in [0.4, 0.5) is 9.18 Å². The Kier molecular flexibility index (Phi) is 10.3. The molecule has 1 atom stereocenters. The van der Waals surface area contributed by atoms with Crippen molar-refractivity contribution in [1.29, 1.82) is 0 Å². The summed E-state index contributed by atoms with van der Waals surface area (Å²) in [5.41, 5.74) is 3.35. The number of likely N-dealkylation sites (tertiary alicyclic amines) is 1. The highest BCUT2D eigenvalue weighted by atomic mass is 28.3. The van der Waals surface area contributed by atoms with Crippen LogP contribution in [-0.4, -0.2) is 72.7 Å². The Hall–Kier alpha value is -4.03. The molecular formula is C34H43FN4O6Si. The molecule has 0 bridgehead atoms. The topological polar surface area (TPSA) is 116 Å². The number of amides is 1. The molecule has 1 saturated heterocycles. The summed E-state index contributed by atoms with van der Waals surface area (Å²) in [5, 5.41) is 6.29. The Morgan fingerprint density at radius 2 is 1.89 bits per heavy atom. The molecule has 1 N–H and O–H groups in total. The summed E-state index contributed by atoms with van der Waals surface area (Å²) in [5.74, 6) is -1.17. The third-order valence-corrected chi connectivity index (χ3v) is 10.3. The Labute approximate surface area is 268 Å². The number of methoxy groups -OCH3 is 1. The van der Waals surface area contributed by atoms with Gasteiger partial charge in [-0.05, 0) is 73.9 Å². The van der Waals surface area contributed by atoms with E-state index in [4.69, 9.17) is 14.2 Å². The molecule has 1 amide bonds. The Morgan fingerprint density at radius 3 is 2.61 bits per heavy atom. The van der Waals surface area contributed by atoms with E-state index in [-0.39, 0.29) is 23.4 Å². The fourth-order valence-electron chi connectivity index (χ4n) is 5.92. The van der Waals surface area contributed by atoms with Gasteiger partial charge in [0.1, 0.15) is 12.5 Å². The van der Waals surface area contributed by atoms with Crippen molar-refractivity contribution in [2.75, 3.05) is 26.8 Å². The minimum absolute atomic E-state index is 0.0869. The maximum absolute atomic E-state index is 14.1. The van der Waals surface area contributed by atoms with E-state index in [0.717, 1.165) is 28.1 Å². The quantitative estimate of drug-likeness (QED) is 0.118. The van der Waals surface area contributed by atoms with Crippen molar-refractivity contribution in [2.24, 2.45) is 0 Å². The van der Waals surface area contributed by atoms with Gasteiger partial charge in [-0.1, -0.05) is 37.8 Å². The van der Waals surface area contributed by atoms with Gasteiger partial charge in [-0.3, -0.25) is 4.79 Å². The maximum atomic E-state index is 14.1. The fraction of sp³-hybridized carbons (Fsp3) is 0.471. The fourth-order valence-corrected chi connectivity index (χ4v) is 6.68. The zero-order chi connectivity index (χ0) is 33.0. The molecule has 3 heterocycles. The predicted molar refractivity (Wildman–Crippen MR) is 177 cm³/mol. The number of ether oxygens (including phenoxy) is 3. The summed E-state index contributed by atoms with van der Waals surface area (Å²) >= 11 is 0. The number of halogens is 1. The van der Waals surface area contributed by atoms with Crippen molar-refractivity contribution < 1.29 is 28.2 Å². The molecule has 10 nitrogen and oxygen atoms in total. The van der Waals surface area contributed by atoms with Gasteiger partial charge >= 0.3 is 12.1 Å². The molecule has 2 aromatic heterocycles. The number of aromatic amines is 1. The number of rotatable bonds is 11. The predicted octanol–water partition coefficient (Wildman–Crippen LogP) is 6.13. The number of hydrogen-bond donors (Lipinski definition) is 1. The lowest BCUT2D eigenvalue weighted by molar-refractivity contribution is -0.151. The third kappa shape index (κ3) is 8.02. The number of hydrogen-bond acceptors (Lipinski definition) is 7. The van der Waals surface area contributed by atoms with Crippen LogP contribution in [0.15, 0.2) is 47.4 Å². The molecule has 4 aromatic rings. The normalized spacial score (nSPS) is 15.0. The zero-order valence-electron chi connectivity index (χ0n) is 27.2. The van der Waals surface area contributed by atoms with E-state index >= 15 is 0 Å². The lowest BCUT2D eigenvalue weighted by Gasteiger charge is -2.32. The summed E-state index contributed by atoms with van der Waals surface area (Å²) in [4.78, 5) is 42.7. The number of fused-ring (bicyclic) bond motifs is 2. The third-order valence-electron chi connectivity index (χ3n) is 8.58. The van der Waals surface area contributed by atoms with Gasteiger partial charge in [0.25, 0.3) is 5.56 Å². The zero-order valence-corrected chi connectivity index (χ0v) is 28.2. The number of aryl methyl sites for hydroxylation is 2. The highest BCUT2D eigenvalue weighted by Crippen LogP contribution is 2.29. The smallest absolute Gasteiger partial charge is 0.410 e. The van der Waals surface area contributed by atoms with E-state index in [1.807, 2.05) is 29.9 Å². The number of aromatic nitrogens is 3. The first kappa shape index (κ1) is 33.3. The molecular weight excluding hydrogens is 607 g/mol. The molecule has 0 spiro atoms. The van der Waals surface area contributed by atoms with Gasteiger partial charge in [-0.15, -0.1) is 0 Å². The average Bonchev–Trinajstić information content (AvgIpc) is 3.44. The van der Waals surface area contributed by atoms with Crippen LogP contribution in [0.3, 0.4) is 0 Å². The molecule has 0 aliphatic carbocycles. The molecule has 12 heteroatoms. The van der Waals surface area contributed by atoms with Crippen molar-refractivity contribution in [3.8, 4) is 0 Å². The largest absolute Gasteiger partial charge is 0.466 e. The lowest BCUT2D eigenvalue weighted by atomic mass is 9.89. The van der Waals surface area contributed by atoms with Crippen molar-refractivity contribution >= 4 is 41.9 Å². The van der Waals surface area contributed by atoms with Gasteiger partial charge in [0, 0.05) is 50.3 Å². The molecule has 5 rings (SSSR count). The van der Waals surface area contributed by atoms with Crippen LogP contribution in [0.5, 0.6) is 0 Å². The maximum Gasteiger partial charge on any atom is 0.410 e. The second-order valence-corrected chi connectivity index (χ2v) is 18.9. The van der Waals surface area contributed by atoms with Crippen LogP contribution in [0.25, 0.3) is 21.8 Å².